The van der Waals surface area contributed by atoms with Gasteiger partial charge in [0.25, 0.3) is 10.0 Å². The predicted molar refractivity (Wildman–Crippen MR) is 160 cm³/mol. The largest absolute Gasteiger partial charge is 0.497 e. The molecule has 1 aliphatic rings. The molecule has 0 heterocycles. The number of carbonyl (C=O) groups excluding carboxylic acids is 2. The zero-order chi connectivity index (χ0) is 31.0. The lowest BCUT2D eigenvalue weighted by Crippen LogP contribution is -2.54. The molecular formula is C32H37F2N3O5S. The van der Waals surface area contributed by atoms with Crippen LogP contribution in [0.2, 0.25) is 0 Å². The predicted octanol–water partition coefficient (Wildman–Crippen LogP) is 5.43. The first-order valence-corrected chi connectivity index (χ1v) is 15.8. The summed E-state index contributed by atoms with van der Waals surface area (Å²) in [4.78, 5) is 28.9. The topological polar surface area (TPSA) is 96.0 Å². The summed E-state index contributed by atoms with van der Waals surface area (Å²) in [5.41, 5.74) is 0.650. The van der Waals surface area contributed by atoms with E-state index in [-0.39, 0.29) is 35.5 Å². The maximum Gasteiger partial charge on any atom is 0.264 e. The van der Waals surface area contributed by atoms with Gasteiger partial charge >= 0.3 is 0 Å². The van der Waals surface area contributed by atoms with Gasteiger partial charge in [-0.3, -0.25) is 13.9 Å². The van der Waals surface area contributed by atoms with Gasteiger partial charge in [0.15, 0.2) is 0 Å². The van der Waals surface area contributed by atoms with Crippen molar-refractivity contribution in [1.29, 1.82) is 0 Å². The minimum absolute atomic E-state index is 0.00392. The average Bonchev–Trinajstić information content (AvgIpc) is 3.01. The first kappa shape index (κ1) is 31.9. The van der Waals surface area contributed by atoms with E-state index in [4.69, 9.17) is 4.74 Å². The fourth-order valence-electron chi connectivity index (χ4n) is 5.26. The van der Waals surface area contributed by atoms with Gasteiger partial charge in [-0.2, -0.15) is 0 Å². The third kappa shape index (κ3) is 8.10. The van der Waals surface area contributed by atoms with E-state index in [1.807, 2.05) is 0 Å². The first-order chi connectivity index (χ1) is 20.6. The lowest BCUT2D eigenvalue weighted by molar-refractivity contribution is -0.140. The van der Waals surface area contributed by atoms with Crippen molar-refractivity contribution in [3.8, 4) is 5.75 Å². The SMILES string of the molecule is CCC(C(=O)NC1CCCCC1)N(Cc1ccc(F)cc1)C(=O)CN(c1ccc(F)cc1)S(=O)(=O)c1ccc(OC)cc1. The molecule has 3 aromatic rings. The first-order valence-electron chi connectivity index (χ1n) is 14.4. The number of anilines is 1. The van der Waals surface area contributed by atoms with Crippen molar-refractivity contribution in [2.24, 2.45) is 0 Å². The van der Waals surface area contributed by atoms with Crippen LogP contribution in [0.25, 0.3) is 0 Å². The number of hydrogen-bond donors (Lipinski definition) is 1. The summed E-state index contributed by atoms with van der Waals surface area (Å²) < 4.78 is 61.4. The van der Waals surface area contributed by atoms with Gasteiger partial charge < -0.3 is 15.0 Å². The van der Waals surface area contributed by atoms with Crippen LogP contribution in [0.4, 0.5) is 14.5 Å². The Hall–Kier alpha value is -3.99. The number of nitrogens with one attached hydrogen (secondary N) is 1. The van der Waals surface area contributed by atoms with Crippen molar-refractivity contribution >= 4 is 27.5 Å². The summed E-state index contributed by atoms with van der Waals surface area (Å²) in [6, 6.07) is 15.1. The van der Waals surface area contributed by atoms with Gasteiger partial charge in [-0.1, -0.05) is 38.3 Å². The van der Waals surface area contributed by atoms with Crippen molar-refractivity contribution < 1.29 is 31.5 Å². The molecule has 8 nitrogen and oxygen atoms in total. The molecular weight excluding hydrogens is 576 g/mol. The van der Waals surface area contributed by atoms with Crippen molar-refractivity contribution in [3.05, 3.63) is 90.0 Å². The third-order valence-corrected chi connectivity index (χ3v) is 9.43. The number of benzene rings is 3. The Kier molecular flexibility index (Phi) is 10.7. The van der Waals surface area contributed by atoms with Crippen molar-refractivity contribution in [2.75, 3.05) is 18.0 Å². The van der Waals surface area contributed by atoms with E-state index in [1.54, 1.807) is 6.92 Å². The molecule has 0 bridgehead atoms. The van der Waals surface area contributed by atoms with Gasteiger partial charge in [-0.15, -0.1) is 0 Å². The maximum atomic E-state index is 14.1. The van der Waals surface area contributed by atoms with Crippen LogP contribution in [0.3, 0.4) is 0 Å². The average molecular weight is 614 g/mol. The molecule has 230 valence electrons. The monoisotopic (exact) mass is 613 g/mol. The molecule has 0 radical (unpaired) electrons. The molecule has 0 spiro atoms. The van der Waals surface area contributed by atoms with E-state index in [0.29, 0.717) is 11.3 Å². The number of rotatable bonds is 12. The van der Waals surface area contributed by atoms with E-state index in [9.17, 15) is 26.8 Å². The number of ether oxygens (including phenoxy) is 1. The summed E-state index contributed by atoms with van der Waals surface area (Å²) >= 11 is 0. The second-order valence-electron chi connectivity index (χ2n) is 10.6. The lowest BCUT2D eigenvalue weighted by Gasteiger charge is -2.34. The Labute approximate surface area is 251 Å². The normalized spacial score (nSPS) is 14.5. The Balaban J connectivity index is 1.69. The van der Waals surface area contributed by atoms with Crippen LogP contribution in [0.5, 0.6) is 5.75 Å². The number of hydrogen-bond acceptors (Lipinski definition) is 5. The molecule has 1 N–H and O–H groups in total. The van der Waals surface area contributed by atoms with E-state index in [0.717, 1.165) is 48.5 Å². The van der Waals surface area contributed by atoms with Crippen molar-refractivity contribution in [3.63, 3.8) is 0 Å². The van der Waals surface area contributed by atoms with E-state index in [1.165, 1.54) is 72.7 Å². The molecule has 43 heavy (non-hydrogen) atoms. The zero-order valence-electron chi connectivity index (χ0n) is 24.3. The number of amides is 2. The Morgan fingerprint density at radius 2 is 1.49 bits per heavy atom. The quantitative estimate of drug-likeness (QED) is 0.294. The van der Waals surface area contributed by atoms with Gasteiger partial charge in [0.05, 0.1) is 17.7 Å². The highest BCUT2D eigenvalue weighted by molar-refractivity contribution is 7.92. The molecule has 1 aliphatic carbocycles. The van der Waals surface area contributed by atoms with Gasteiger partial charge in [-0.25, -0.2) is 17.2 Å². The minimum Gasteiger partial charge on any atom is -0.497 e. The highest BCUT2D eigenvalue weighted by Gasteiger charge is 2.34. The minimum atomic E-state index is -4.32. The van der Waals surface area contributed by atoms with E-state index >= 15 is 0 Å². The van der Waals surface area contributed by atoms with Crippen LogP contribution >= 0.6 is 0 Å². The van der Waals surface area contributed by atoms with Crippen LogP contribution in [0.15, 0.2) is 77.7 Å². The molecule has 3 aromatic carbocycles. The summed E-state index contributed by atoms with van der Waals surface area (Å²) in [6.45, 7) is 1.08. The molecule has 1 atom stereocenters. The fourth-order valence-corrected chi connectivity index (χ4v) is 6.68. The van der Waals surface area contributed by atoms with Gasteiger partial charge in [0.1, 0.15) is 30.0 Å². The third-order valence-electron chi connectivity index (χ3n) is 7.64. The Morgan fingerprint density at radius 3 is 2.05 bits per heavy atom. The second-order valence-corrected chi connectivity index (χ2v) is 12.4. The smallest absolute Gasteiger partial charge is 0.264 e. The number of carbonyl (C=O) groups is 2. The molecule has 1 fully saturated rings. The molecule has 11 heteroatoms. The molecule has 2 amide bonds. The summed E-state index contributed by atoms with van der Waals surface area (Å²) in [7, 11) is -2.86. The fraction of sp³-hybridized carbons (Fsp3) is 0.375. The second kappa shape index (κ2) is 14.5. The van der Waals surface area contributed by atoms with E-state index in [2.05, 4.69) is 5.32 Å². The molecule has 1 saturated carbocycles. The van der Waals surface area contributed by atoms with Crippen molar-refractivity contribution in [2.45, 2.75) is 69.0 Å². The van der Waals surface area contributed by atoms with Gasteiger partial charge in [-0.05, 0) is 85.5 Å². The Bertz CT molecular complexity index is 1480. The molecule has 0 aliphatic heterocycles. The highest BCUT2D eigenvalue weighted by atomic mass is 32.2. The number of halogens is 2. The highest BCUT2D eigenvalue weighted by Crippen LogP contribution is 2.27. The maximum absolute atomic E-state index is 14.1. The number of methoxy groups -OCH3 is 1. The van der Waals surface area contributed by atoms with Crippen LogP contribution in [0.1, 0.15) is 51.0 Å². The summed E-state index contributed by atoms with van der Waals surface area (Å²) in [5.74, 6) is -1.53. The standard InChI is InChI=1S/C32H37F2N3O5S/c1-3-30(32(39)35-26-7-5-4-6-8-26)36(21-23-9-11-24(33)12-10-23)31(38)22-37(27-15-13-25(34)14-16-27)43(40,41)29-19-17-28(42-2)18-20-29/h9-20,26,30H,3-8,21-22H2,1-2H3,(H,35,39). The summed E-state index contributed by atoms with van der Waals surface area (Å²) in [5, 5.41) is 3.08. The molecule has 0 saturated heterocycles. The lowest BCUT2D eigenvalue weighted by atomic mass is 9.95. The number of sulfonamides is 1. The zero-order valence-corrected chi connectivity index (χ0v) is 25.2. The molecule has 4 rings (SSSR count). The van der Waals surface area contributed by atoms with E-state index < -0.39 is 40.2 Å². The summed E-state index contributed by atoms with van der Waals surface area (Å²) in [6.07, 6.45) is 5.11. The Morgan fingerprint density at radius 1 is 0.907 bits per heavy atom. The van der Waals surface area contributed by atoms with Crippen LogP contribution in [-0.4, -0.2) is 50.9 Å². The molecule has 0 aromatic heterocycles. The van der Waals surface area contributed by atoms with Crippen LogP contribution < -0.4 is 14.4 Å². The van der Waals surface area contributed by atoms with Crippen LogP contribution in [-0.2, 0) is 26.2 Å². The van der Waals surface area contributed by atoms with Crippen molar-refractivity contribution in [1.82, 2.24) is 10.2 Å². The number of nitrogens with zero attached hydrogens (tertiary/aromatic N) is 2. The van der Waals surface area contributed by atoms with Gasteiger partial charge in [0.2, 0.25) is 11.8 Å². The van der Waals surface area contributed by atoms with Crippen LogP contribution in [0, 0.1) is 11.6 Å². The molecule has 1 unspecified atom stereocenters. The van der Waals surface area contributed by atoms with Gasteiger partial charge in [0, 0.05) is 12.6 Å².